The fourth-order valence-electron chi connectivity index (χ4n) is 1.85. The largest absolute Gasteiger partial charge is 0.270 e. The van der Waals surface area contributed by atoms with Gasteiger partial charge in [-0.1, -0.05) is 35.9 Å². The third-order valence-electron chi connectivity index (χ3n) is 2.89. The van der Waals surface area contributed by atoms with Gasteiger partial charge >= 0.3 is 0 Å². The third-order valence-corrected chi connectivity index (χ3v) is 4.29. The molecule has 7 heteroatoms. The van der Waals surface area contributed by atoms with Crippen molar-refractivity contribution in [1.82, 2.24) is 4.72 Å². The highest BCUT2D eigenvalue weighted by Crippen LogP contribution is 2.17. The van der Waals surface area contributed by atoms with Crippen LogP contribution in [0.1, 0.15) is 11.1 Å². The van der Waals surface area contributed by atoms with E-state index in [1.807, 2.05) is 31.2 Å². The van der Waals surface area contributed by atoms with Crippen LogP contribution in [0.2, 0.25) is 0 Å². The van der Waals surface area contributed by atoms with Crippen molar-refractivity contribution in [2.24, 2.45) is 0 Å². The molecule has 0 bridgehead atoms. The van der Waals surface area contributed by atoms with E-state index in [0.717, 1.165) is 17.2 Å². The summed E-state index contributed by atoms with van der Waals surface area (Å²) < 4.78 is 26.7. The molecule has 2 aromatic rings. The molecule has 0 aliphatic rings. The molecular formula is C14H14N2O4S. The fraction of sp³-hybridized carbons (Fsp3) is 0.143. The Morgan fingerprint density at radius 3 is 2.52 bits per heavy atom. The van der Waals surface area contributed by atoms with Crippen LogP contribution in [-0.2, 0) is 16.6 Å². The highest BCUT2D eigenvalue weighted by molar-refractivity contribution is 7.89. The summed E-state index contributed by atoms with van der Waals surface area (Å²) >= 11 is 0. The van der Waals surface area contributed by atoms with Crippen LogP contribution in [0, 0.1) is 17.0 Å². The van der Waals surface area contributed by atoms with Gasteiger partial charge < -0.3 is 0 Å². The quantitative estimate of drug-likeness (QED) is 0.678. The highest BCUT2D eigenvalue weighted by atomic mass is 32.2. The van der Waals surface area contributed by atoms with Crippen molar-refractivity contribution in [3.63, 3.8) is 0 Å². The van der Waals surface area contributed by atoms with E-state index in [2.05, 4.69) is 4.72 Å². The molecule has 1 N–H and O–H groups in total. The molecule has 2 rings (SSSR count). The van der Waals surface area contributed by atoms with Crippen molar-refractivity contribution in [3.05, 3.63) is 69.8 Å². The van der Waals surface area contributed by atoms with Gasteiger partial charge in [0.25, 0.3) is 5.69 Å². The Morgan fingerprint density at radius 1 is 1.14 bits per heavy atom. The number of benzene rings is 2. The average Bonchev–Trinajstić information content (AvgIpc) is 2.45. The maximum Gasteiger partial charge on any atom is 0.270 e. The first-order chi connectivity index (χ1) is 9.88. The van der Waals surface area contributed by atoms with E-state index in [9.17, 15) is 18.5 Å². The number of hydrogen-bond donors (Lipinski definition) is 1. The molecule has 0 fully saturated rings. The molecule has 0 radical (unpaired) electrons. The summed E-state index contributed by atoms with van der Waals surface area (Å²) in [6.07, 6.45) is 0. The summed E-state index contributed by atoms with van der Waals surface area (Å²) in [5.41, 5.74) is 1.60. The molecule has 0 saturated heterocycles. The van der Waals surface area contributed by atoms with E-state index in [-0.39, 0.29) is 17.1 Å². The molecular weight excluding hydrogens is 292 g/mol. The smallest absolute Gasteiger partial charge is 0.258 e. The predicted octanol–water partition coefficient (Wildman–Crippen LogP) is 2.38. The van der Waals surface area contributed by atoms with Gasteiger partial charge in [0.2, 0.25) is 10.0 Å². The van der Waals surface area contributed by atoms with Gasteiger partial charge in [0.1, 0.15) is 0 Å². The summed E-state index contributed by atoms with van der Waals surface area (Å²) in [5.74, 6) is 0. The fourth-order valence-corrected chi connectivity index (χ4v) is 2.90. The number of sulfonamides is 1. The van der Waals surface area contributed by atoms with Crippen molar-refractivity contribution in [2.75, 3.05) is 0 Å². The lowest BCUT2D eigenvalue weighted by Crippen LogP contribution is -2.23. The van der Waals surface area contributed by atoms with Gasteiger partial charge in [-0.15, -0.1) is 0 Å². The van der Waals surface area contributed by atoms with Crippen LogP contribution in [0.25, 0.3) is 0 Å². The van der Waals surface area contributed by atoms with Crippen LogP contribution in [0.3, 0.4) is 0 Å². The van der Waals surface area contributed by atoms with E-state index in [1.165, 1.54) is 18.2 Å². The maximum atomic E-state index is 12.1. The summed E-state index contributed by atoms with van der Waals surface area (Å²) in [7, 11) is -3.78. The van der Waals surface area contributed by atoms with Crippen LogP contribution in [-0.4, -0.2) is 13.3 Å². The Labute approximate surface area is 122 Å². The first-order valence-corrected chi connectivity index (χ1v) is 7.66. The second-order valence-corrected chi connectivity index (χ2v) is 6.34. The first kappa shape index (κ1) is 15.1. The number of nitro benzene ring substituents is 1. The van der Waals surface area contributed by atoms with Gasteiger partial charge in [-0.25, -0.2) is 13.1 Å². The Morgan fingerprint density at radius 2 is 1.86 bits per heavy atom. The molecule has 110 valence electrons. The van der Waals surface area contributed by atoms with Crippen LogP contribution >= 0.6 is 0 Å². The normalized spacial score (nSPS) is 11.3. The lowest BCUT2D eigenvalue weighted by molar-refractivity contribution is -0.385. The zero-order valence-electron chi connectivity index (χ0n) is 11.3. The van der Waals surface area contributed by atoms with Crippen molar-refractivity contribution in [3.8, 4) is 0 Å². The van der Waals surface area contributed by atoms with Gasteiger partial charge in [-0.2, -0.15) is 0 Å². The predicted molar refractivity (Wildman–Crippen MR) is 78.3 cm³/mol. The van der Waals surface area contributed by atoms with E-state index in [4.69, 9.17) is 0 Å². The lowest BCUT2D eigenvalue weighted by Gasteiger charge is -2.07. The van der Waals surface area contributed by atoms with Gasteiger partial charge in [-0.3, -0.25) is 10.1 Å². The van der Waals surface area contributed by atoms with E-state index < -0.39 is 14.9 Å². The molecule has 0 amide bonds. The maximum absolute atomic E-state index is 12.1. The van der Waals surface area contributed by atoms with Gasteiger partial charge in [0, 0.05) is 18.7 Å². The Hall–Kier alpha value is -2.25. The van der Waals surface area contributed by atoms with Crippen molar-refractivity contribution in [1.29, 1.82) is 0 Å². The zero-order chi connectivity index (χ0) is 15.5. The molecule has 0 heterocycles. The molecule has 0 aliphatic carbocycles. The first-order valence-electron chi connectivity index (χ1n) is 6.18. The Kier molecular flexibility index (Phi) is 4.35. The number of nitrogens with one attached hydrogen (secondary N) is 1. The minimum Gasteiger partial charge on any atom is -0.258 e. The van der Waals surface area contributed by atoms with Crippen LogP contribution in [0.5, 0.6) is 0 Å². The summed E-state index contributed by atoms with van der Waals surface area (Å²) in [4.78, 5) is 9.94. The highest BCUT2D eigenvalue weighted by Gasteiger charge is 2.17. The topological polar surface area (TPSA) is 89.3 Å². The minimum atomic E-state index is -3.78. The van der Waals surface area contributed by atoms with Gasteiger partial charge in [0.05, 0.1) is 9.82 Å². The summed E-state index contributed by atoms with van der Waals surface area (Å²) in [6.45, 7) is 2.05. The Balaban J connectivity index is 2.19. The molecule has 2 aromatic carbocycles. The molecule has 21 heavy (non-hydrogen) atoms. The number of aryl methyl sites for hydroxylation is 1. The molecule has 0 atom stereocenters. The molecule has 6 nitrogen and oxygen atoms in total. The minimum absolute atomic E-state index is 0.121. The average molecular weight is 306 g/mol. The van der Waals surface area contributed by atoms with Crippen molar-refractivity contribution < 1.29 is 13.3 Å². The van der Waals surface area contributed by atoms with E-state index >= 15 is 0 Å². The number of nitro groups is 1. The van der Waals surface area contributed by atoms with Crippen molar-refractivity contribution in [2.45, 2.75) is 18.4 Å². The van der Waals surface area contributed by atoms with Gasteiger partial charge in [0.15, 0.2) is 0 Å². The number of non-ortho nitro benzene ring substituents is 1. The second kappa shape index (κ2) is 6.02. The lowest BCUT2D eigenvalue weighted by atomic mass is 10.1. The van der Waals surface area contributed by atoms with Gasteiger partial charge in [-0.05, 0) is 18.6 Å². The summed E-state index contributed by atoms with van der Waals surface area (Å²) in [5, 5.41) is 10.7. The molecule has 0 saturated carbocycles. The molecule has 0 aromatic heterocycles. The van der Waals surface area contributed by atoms with E-state index in [1.54, 1.807) is 0 Å². The monoisotopic (exact) mass is 306 g/mol. The van der Waals surface area contributed by atoms with Crippen LogP contribution < -0.4 is 4.72 Å². The van der Waals surface area contributed by atoms with Crippen LogP contribution in [0.4, 0.5) is 5.69 Å². The number of nitrogens with zero attached hydrogens (tertiary/aromatic N) is 1. The SMILES string of the molecule is Cc1cccc(CNS(=O)(=O)c2cccc([N+](=O)[O-])c2)c1. The standard InChI is InChI=1S/C14H14N2O4S/c1-11-4-2-5-12(8-11)10-15-21(19,20)14-7-3-6-13(9-14)16(17)18/h2-9,15H,10H2,1H3. The molecule has 0 spiro atoms. The zero-order valence-corrected chi connectivity index (χ0v) is 12.1. The van der Waals surface area contributed by atoms with E-state index in [0.29, 0.717) is 0 Å². The molecule has 0 unspecified atom stereocenters. The second-order valence-electron chi connectivity index (χ2n) is 4.57. The van der Waals surface area contributed by atoms with Crippen LogP contribution in [0.15, 0.2) is 53.4 Å². The van der Waals surface area contributed by atoms with Crippen molar-refractivity contribution >= 4 is 15.7 Å². The number of hydrogen-bond acceptors (Lipinski definition) is 4. The molecule has 0 aliphatic heterocycles. The summed E-state index contributed by atoms with van der Waals surface area (Å²) in [6, 6.07) is 12.4. The third kappa shape index (κ3) is 3.87. The Bertz CT molecular complexity index is 772. The number of rotatable bonds is 5.